The van der Waals surface area contributed by atoms with Crippen molar-refractivity contribution in [3.8, 4) is 0 Å². The Labute approximate surface area is 128 Å². The molecule has 0 spiro atoms. The number of aryl methyl sites for hydroxylation is 2. The van der Waals surface area contributed by atoms with E-state index < -0.39 is 15.9 Å². The first kappa shape index (κ1) is 16.1. The number of hydrogen-bond donors (Lipinski definition) is 2. The molecule has 1 amide bonds. The van der Waals surface area contributed by atoms with Gasteiger partial charge < -0.3 is 0 Å². The fraction of sp³-hybridized carbons (Fsp3) is 0.214. The molecule has 1 aromatic carbocycles. The largest absolute Gasteiger partial charge is 0.290 e. The van der Waals surface area contributed by atoms with Crippen LogP contribution in [0.4, 0.5) is 5.95 Å². The van der Waals surface area contributed by atoms with Crippen molar-refractivity contribution in [1.82, 2.24) is 9.97 Å². The highest BCUT2D eigenvalue weighted by atomic mass is 32.2. The summed E-state index contributed by atoms with van der Waals surface area (Å²) in [6.45, 7) is 5.57. The Hall–Kier alpha value is -2.32. The lowest BCUT2D eigenvalue weighted by atomic mass is 10.2. The number of carbonyl (C=O) groups excluding carboxylic acids is 1. The number of nitrogens with one attached hydrogen (secondary N) is 1. The summed E-state index contributed by atoms with van der Waals surface area (Å²) in [5.41, 5.74) is 2.82. The number of nitrogens with two attached hydrogens (primary N) is 1. The minimum absolute atomic E-state index is 0.0534. The topological polar surface area (TPSA) is 115 Å². The Morgan fingerprint density at radius 3 is 2.00 bits per heavy atom. The Morgan fingerprint density at radius 2 is 1.55 bits per heavy atom. The molecule has 0 aliphatic rings. The summed E-state index contributed by atoms with van der Waals surface area (Å²) in [7, 11) is -3.78. The third-order valence-corrected chi connectivity index (χ3v) is 4.23. The van der Waals surface area contributed by atoms with Gasteiger partial charge in [-0.2, -0.15) is 0 Å². The van der Waals surface area contributed by atoms with Crippen molar-refractivity contribution in [3.63, 3.8) is 0 Å². The molecule has 0 saturated heterocycles. The molecule has 0 unspecified atom stereocenters. The van der Waals surface area contributed by atoms with Gasteiger partial charge in [0, 0.05) is 17.0 Å². The summed E-state index contributed by atoms with van der Waals surface area (Å²) in [6.07, 6.45) is 0. The fourth-order valence-corrected chi connectivity index (χ4v) is 2.31. The van der Waals surface area contributed by atoms with Gasteiger partial charge in [-0.05, 0) is 50.6 Å². The molecule has 3 N–H and O–H groups in total. The second-order valence-corrected chi connectivity index (χ2v) is 6.43. The van der Waals surface area contributed by atoms with Crippen LogP contribution >= 0.6 is 0 Å². The van der Waals surface area contributed by atoms with Crippen LogP contribution in [0.25, 0.3) is 0 Å². The molecule has 1 heterocycles. The van der Waals surface area contributed by atoms with E-state index in [0.29, 0.717) is 0 Å². The number of hydrogen-bond acceptors (Lipinski definition) is 5. The molecule has 0 atom stereocenters. The Bertz CT molecular complexity index is 807. The van der Waals surface area contributed by atoms with E-state index in [1.54, 1.807) is 0 Å². The van der Waals surface area contributed by atoms with E-state index in [0.717, 1.165) is 17.0 Å². The lowest BCUT2D eigenvalue weighted by Crippen LogP contribution is -2.16. The second-order valence-electron chi connectivity index (χ2n) is 4.87. The van der Waals surface area contributed by atoms with E-state index >= 15 is 0 Å². The van der Waals surface area contributed by atoms with Crippen LogP contribution in [-0.2, 0) is 10.0 Å². The van der Waals surface area contributed by atoms with Crippen molar-refractivity contribution in [2.45, 2.75) is 25.7 Å². The summed E-state index contributed by atoms with van der Waals surface area (Å²) in [5, 5.41) is 7.59. The average molecular weight is 320 g/mol. The third-order valence-electron chi connectivity index (χ3n) is 3.30. The van der Waals surface area contributed by atoms with Crippen LogP contribution in [0.15, 0.2) is 29.2 Å². The van der Waals surface area contributed by atoms with Gasteiger partial charge in [0.05, 0.1) is 4.90 Å². The van der Waals surface area contributed by atoms with Gasteiger partial charge in [-0.3, -0.25) is 10.1 Å². The third kappa shape index (κ3) is 3.46. The molecule has 0 saturated carbocycles. The van der Waals surface area contributed by atoms with Crippen LogP contribution in [0.3, 0.4) is 0 Å². The van der Waals surface area contributed by atoms with Crippen molar-refractivity contribution in [3.05, 3.63) is 46.8 Å². The van der Waals surface area contributed by atoms with Gasteiger partial charge in [0.1, 0.15) is 0 Å². The van der Waals surface area contributed by atoms with E-state index in [-0.39, 0.29) is 16.4 Å². The Balaban J connectivity index is 2.23. The average Bonchev–Trinajstić information content (AvgIpc) is 2.44. The number of sulfonamides is 1. The predicted molar refractivity (Wildman–Crippen MR) is 82.0 cm³/mol. The van der Waals surface area contributed by atoms with Crippen molar-refractivity contribution in [2.75, 3.05) is 5.32 Å². The van der Waals surface area contributed by atoms with E-state index in [4.69, 9.17) is 5.14 Å². The van der Waals surface area contributed by atoms with Gasteiger partial charge in [-0.1, -0.05) is 0 Å². The highest BCUT2D eigenvalue weighted by molar-refractivity contribution is 7.89. The van der Waals surface area contributed by atoms with E-state index in [1.165, 1.54) is 24.3 Å². The SMILES string of the molecule is Cc1nc(NC(=O)c2ccc(S(N)(=O)=O)cc2)nc(C)c1C. The van der Waals surface area contributed by atoms with Crippen LogP contribution in [-0.4, -0.2) is 24.3 Å². The van der Waals surface area contributed by atoms with Gasteiger partial charge >= 0.3 is 0 Å². The maximum atomic E-state index is 12.1. The van der Waals surface area contributed by atoms with Gasteiger partial charge in [0.2, 0.25) is 16.0 Å². The molecule has 8 heteroatoms. The van der Waals surface area contributed by atoms with Crippen molar-refractivity contribution in [1.29, 1.82) is 0 Å². The minimum atomic E-state index is -3.78. The lowest BCUT2D eigenvalue weighted by molar-refractivity contribution is 0.102. The summed E-state index contributed by atoms with van der Waals surface area (Å²) in [5.74, 6) is -0.218. The molecule has 2 rings (SSSR count). The van der Waals surface area contributed by atoms with Crippen LogP contribution in [0.1, 0.15) is 27.3 Å². The standard InChI is InChI=1S/C14H16N4O3S/c1-8-9(2)16-14(17-10(8)3)18-13(19)11-4-6-12(7-5-11)22(15,20)21/h4-7H,1-3H3,(H2,15,20,21)(H,16,17,18,19). The molecule has 7 nitrogen and oxygen atoms in total. The molecule has 116 valence electrons. The van der Waals surface area contributed by atoms with Gasteiger partial charge in [0.15, 0.2) is 0 Å². The van der Waals surface area contributed by atoms with Crippen molar-refractivity contribution >= 4 is 21.9 Å². The molecule has 2 aromatic rings. The number of carbonyl (C=O) groups is 1. The zero-order valence-electron chi connectivity index (χ0n) is 12.4. The highest BCUT2D eigenvalue weighted by Crippen LogP contribution is 2.13. The van der Waals surface area contributed by atoms with Crippen LogP contribution in [0.5, 0.6) is 0 Å². The zero-order valence-corrected chi connectivity index (χ0v) is 13.2. The van der Waals surface area contributed by atoms with Crippen molar-refractivity contribution < 1.29 is 13.2 Å². The Kier molecular flexibility index (Phi) is 4.25. The quantitative estimate of drug-likeness (QED) is 0.884. The normalized spacial score (nSPS) is 11.3. The molecular weight excluding hydrogens is 304 g/mol. The minimum Gasteiger partial charge on any atom is -0.290 e. The van der Waals surface area contributed by atoms with E-state index in [1.807, 2.05) is 20.8 Å². The molecule has 1 aromatic heterocycles. The van der Waals surface area contributed by atoms with Crippen LogP contribution < -0.4 is 10.5 Å². The summed E-state index contributed by atoms with van der Waals surface area (Å²) < 4.78 is 22.3. The maximum Gasteiger partial charge on any atom is 0.258 e. The second kappa shape index (κ2) is 5.82. The van der Waals surface area contributed by atoms with E-state index in [2.05, 4.69) is 15.3 Å². The molecular formula is C14H16N4O3S. The van der Waals surface area contributed by atoms with Gasteiger partial charge in [-0.25, -0.2) is 23.5 Å². The zero-order chi connectivity index (χ0) is 16.5. The summed E-state index contributed by atoms with van der Waals surface area (Å²) >= 11 is 0. The number of anilines is 1. The number of nitrogens with zero attached hydrogens (tertiary/aromatic N) is 2. The first-order valence-corrected chi connectivity index (χ1v) is 7.99. The van der Waals surface area contributed by atoms with E-state index in [9.17, 15) is 13.2 Å². The molecule has 0 aliphatic heterocycles. The predicted octanol–water partition coefficient (Wildman–Crippen LogP) is 1.30. The molecule has 0 radical (unpaired) electrons. The molecule has 0 bridgehead atoms. The summed E-state index contributed by atoms with van der Waals surface area (Å²) in [4.78, 5) is 20.5. The molecule has 22 heavy (non-hydrogen) atoms. The van der Waals surface area contributed by atoms with Crippen LogP contribution in [0.2, 0.25) is 0 Å². The van der Waals surface area contributed by atoms with Crippen molar-refractivity contribution in [2.24, 2.45) is 5.14 Å². The van der Waals surface area contributed by atoms with Gasteiger partial charge in [-0.15, -0.1) is 0 Å². The number of benzene rings is 1. The highest BCUT2D eigenvalue weighted by Gasteiger charge is 2.12. The maximum absolute atomic E-state index is 12.1. The molecule has 0 aliphatic carbocycles. The van der Waals surface area contributed by atoms with Crippen LogP contribution in [0, 0.1) is 20.8 Å². The summed E-state index contributed by atoms with van der Waals surface area (Å²) in [6, 6.07) is 5.31. The first-order valence-electron chi connectivity index (χ1n) is 6.44. The monoisotopic (exact) mass is 320 g/mol. The Morgan fingerprint density at radius 1 is 1.05 bits per heavy atom. The number of aromatic nitrogens is 2. The number of amides is 1. The first-order chi connectivity index (χ1) is 10.2. The fourth-order valence-electron chi connectivity index (χ4n) is 1.80. The number of rotatable bonds is 3. The smallest absolute Gasteiger partial charge is 0.258 e. The van der Waals surface area contributed by atoms with Gasteiger partial charge in [0.25, 0.3) is 5.91 Å². The number of primary sulfonamides is 1. The lowest BCUT2D eigenvalue weighted by Gasteiger charge is -2.08. The molecule has 0 fully saturated rings.